The third kappa shape index (κ3) is 3.84. The second-order valence-corrected chi connectivity index (χ2v) is 4.94. The molecule has 104 valence electrons. The van der Waals surface area contributed by atoms with E-state index in [-0.39, 0.29) is 0 Å². The lowest BCUT2D eigenvalue weighted by Gasteiger charge is -2.28. The molecule has 3 heteroatoms. The van der Waals surface area contributed by atoms with E-state index in [4.69, 9.17) is 0 Å². The van der Waals surface area contributed by atoms with Gasteiger partial charge < -0.3 is 5.32 Å². The van der Waals surface area contributed by atoms with Crippen LogP contribution in [0.25, 0.3) is 0 Å². The molecule has 0 fully saturated rings. The Morgan fingerprint density at radius 2 is 1.83 bits per heavy atom. The average molecular weight is 251 g/mol. The maximum absolute atomic E-state index is 4.42. The summed E-state index contributed by atoms with van der Waals surface area (Å²) in [5.74, 6) is 0.724. The summed E-state index contributed by atoms with van der Waals surface area (Å²) in [5, 5.41) is 8.09. The molecule has 1 atom stereocenters. The van der Waals surface area contributed by atoms with Gasteiger partial charge in [0, 0.05) is 12.7 Å². The molecule has 0 bridgehead atoms. The van der Waals surface area contributed by atoms with E-state index in [0.717, 1.165) is 19.0 Å². The molecule has 1 N–H and O–H groups in total. The largest absolute Gasteiger partial charge is 0.309 e. The van der Waals surface area contributed by atoms with Crippen LogP contribution in [0.4, 0.5) is 0 Å². The van der Waals surface area contributed by atoms with Gasteiger partial charge in [-0.25, -0.2) is 0 Å². The fourth-order valence-electron chi connectivity index (χ4n) is 2.82. The van der Waals surface area contributed by atoms with Crippen molar-refractivity contribution in [2.75, 3.05) is 6.54 Å². The van der Waals surface area contributed by atoms with Crippen LogP contribution in [0.15, 0.2) is 12.3 Å². The van der Waals surface area contributed by atoms with E-state index in [1.54, 1.807) is 0 Å². The number of nitrogens with zero attached hydrogens (tertiary/aromatic N) is 2. The molecule has 0 radical (unpaired) electrons. The van der Waals surface area contributed by atoms with E-state index in [1.165, 1.54) is 31.4 Å². The molecule has 3 nitrogen and oxygen atoms in total. The normalized spacial score (nSPS) is 13.2. The molecule has 1 aromatic rings. The lowest BCUT2D eigenvalue weighted by molar-refractivity contribution is 0.305. The summed E-state index contributed by atoms with van der Waals surface area (Å²) in [5.41, 5.74) is 1.35. The van der Waals surface area contributed by atoms with Gasteiger partial charge >= 0.3 is 0 Å². The van der Waals surface area contributed by atoms with Crippen molar-refractivity contribution in [2.24, 2.45) is 5.92 Å². The predicted octanol–water partition coefficient (Wildman–Crippen LogP) is 3.77. The first-order chi connectivity index (χ1) is 8.78. The first-order valence-corrected chi connectivity index (χ1v) is 7.53. The van der Waals surface area contributed by atoms with E-state index in [9.17, 15) is 0 Å². The van der Waals surface area contributed by atoms with Crippen LogP contribution in [0.2, 0.25) is 0 Å². The number of hydrogen-bond acceptors (Lipinski definition) is 2. The lowest BCUT2D eigenvalue weighted by atomic mass is 9.88. The van der Waals surface area contributed by atoms with E-state index < -0.39 is 0 Å². The molecule has 0 aliphatic rings. The summed E-state index contributed by atoms with van der Waals surface area (Å²) < 4.78 is 2.13. The number of aromatic nitrogens is 2. The van der Waals surface area contributed by atoms with Crippen LogP contribution < -0.4 is 5.32 Å². The Kier molecular flexibility index (Phi) is 7.02. The fraction of sp³-hybridized carbons (Fsp3) is 0.800. The summed E-state index contributed by atoms with van der Waals surface area (Å²) in [7, 11) is 0. The van der Waals surface area contributed by atoms with Gasteiger partial charge in [-0.3, -0.25) is 4.68 Å². The Balaban J connectivity index is 2.91. The zero-order valence-corrected chi connectivity index (χ0v) is 12.4. The highest BCUT2D eigenvalue weighted by atomic mass is 15.3. The van der Waals surface area contributed by atoms with Crippen molar-refractivity contribution in [2.45, 2.75) is 66.0 Å². The third-order valence-corrected chi connectivity index (χ3v) is 3.58. The van der Waals surface area contributed by atoms with Crippen LogP contribution >= 0.6 is 0 Å². The summed E-state index contributed by atoms with van der Waals surface area (Å²) in [6.07, 6.45) is 7.03. The number of nitrogens with one attached hydrogen (secondary N) is 1. The molecule has 18 heavy (non-hydrogen) atoms. The van der Waals surface area contributed by atoms with Crippen LogP contribution in [-0.4, -0.2) is 16.3 Å². The van der Waals surface area contributed by atoms with Crippen LogP contribution in [0.5, 0.6) is 0 Å². The minimum Gasteiger partial charge on any atom is -0.309 e. The Morgan fingerprint density at radius 3 is 2.33 bits per heavy atom. The lowest BCUT2D eigenvalue weighted by Crippen LogP contribution is -2.30. The van der Waals surface area contributed by atoms with Crippen LogP contribution in [0.1, 0.15) is 65.1 Å². The molecule has 0 saturated carbocycles. The molecule has 0 aromatic carbocycles. The first-order valence-electron chi connectivity index (χ1n) is 7.53. The van der Waals surface area contributed by atoms with Crippen molar-refractivity contribution in [3.8, 4) is 0 Å². The second kappa shape index (κ2) is 8.30. The van der Waals surface area contributed by atoms with Gasteiger partial charge in [0.1, 0.15) is 0 Å². The molecule has 0 amide bonds. The van der Waals surface area contributed by atoms with Gasteiger partial charge in [0.2, 0.25) is 0 Å². The maximum Gasteiger partial charge on any atom is 0.0556 e. The smallest absolute Gasteiger partial charge is 0.0556 e. The van der Waals surface area contributed by atoms with Crippen LogP contribution in [-0.2, 0) is 6.54 Å². The molecule has 0 aliphatic heterocycles. The van der Waals surface area contributed by atoms with Crippen molar-refractivity contribution >= 4 is 0 Å². The number of aryl methyl sites for hydroxylation is 1. The number of rotatable bonds is 9. The van der Waals surface area contributed by atoms with E-state index in [0.29, 0.717) is 6.04 Å². The van der Waals surface area contributed by atoms with Crippen LogP contribution in [0.3, 0.4) is 0 Å². The maximum atomic E-state index is 4.42. The minimum atomic E-state index is 0.456. The van der Waals surface area contributed by atoms with Gasteiger partial charge in [-0.15, -0.1) is 0 Å². The zero-order chi connectivity index (χ0) is 13.4. The monoisotopic (exact) mass is 251 g/mol. The van der Waals surface area contributed by atoms with Gasteiger partial charge in [-0.2, -0.15) is 5.10 Å². The molecule has 1 rings (SSSR count). The highest BCUT2D eigenvalue weighted by Gasteiger charge is 2.23. The zero-order valence-electron chi connectivity index (χ0n) is 12.4. The standard InChI is InChI=1S/C15H29N3/c1-5-9-13(10-6-2)15(16-7-3)14-11-12-17-18(14)8-4/h11-13,15-16H,5-10H2,1-4H3. The Hall–Kier alpha value is -0.830. The predicted molar refractivity (Wildman–Crippen MR) is 77.6 cm³/mol. The highest BCUT2D eigenvalue weighted by molar-refractivity contribution is 5.08. The highest BCUT2D eigenvalue weighted by Crippen LogP contribution is 2.29. The van der Waals surface area contributed by atoms with Crippen molar-refractivity contribution in [1.82, 2.24) is 15.1 Å². The van der Waals surface area contributed by atoms with E-state index in [2.05, 4.69) is 48.9 Å². The van der Waals surface area contributed by atoms with Crippen molar-refractivity contribution < 1.29 is 0 Å². The number of hydrogen-bond donors (Lipinski definition) is 1. The molecule has 1 unspecified atom stereocenters. The van der Waals surface area contributed by atoms with Gasteiger partial charge in [-0.05, 0) is 38.3 Å². The molecule has 0 aliphatic carbocycles. The Bertz CT molecular complexity index is 313. The average Bonchev–Trinajstić information content (AvgIpc) is 2.84. The van der Waals surface area contributed by atoms with Gasteiger partial charge in [0.15, 0.2) is 0 Å². The SMILES string of the molecule is CCCC(CCC)C(NCC)c1ccnn1CC. The molecule has 1 aromatic heterocycles. The fourth-order valence-corrected chi connectivity index (χ4v) is 2.82. The Morgan fingerprint density at radius 1 is 1.17 bits per heavy atom. The van der Waals surface area contributed by atoms with E-state index in [1.807, 2.05) is 6.20 Å². The first kappa shape index (κ1) is 15.2. The molecular weight excluding hydrogens is 222 g/mol. The van der Waals surface area contributed by atoms with Crippen LogP contribution in [0, 0.1) is 5.92 Å². The van der Waals surface area contributed by atoms with Gasteiger partial charge in [-0.1, -0.05) is 33.6 Å². The van der Waals surface area contributed by atoms with Crippen molar-refractivity contribution in [1.29, 1.82) is 0 Å². The molecule has 0 spiro atoms. The second-order valence-electron chi connectivity index (χ2n) is 4.94. The molecular formula is C15H29N3. The van der Waals surface area contributed by atoms with E-state index >= 15 is 0 Å². The van der Waals surface area contributed by atoms with Crippen molar-refractivity contribution in [3.05, 3.63) is 18.0 Å². The minimum absolute atomic E-state index is 0.456. The molecule has 1 heterocycles. The quantitative estimate of drug-likeness (QED) is 0.724. The summed E-state index contributed by atoms with van der Waals surface area (Å²) in [6.45, 7) is 10.9. The Labute approximate surface area is 112 Å². The van der Waals surface area contributed by atoms with Gasteiger partial charge in [0.25, 0.3) is 0 Å². The third-order valence-electron chi connectivity index (χ3n) is 3.58. The van der Waals surface area contributed by atoms with Gasteiger partial charge in [0.05, 0.1) is 11.7 Å². The summed E-state index contributed by atoms with van der Waals surface area (Å²) in [6, 6.07) is 2.63. The molecule has 0 saturated heterocycles. The summed E-state index contributed by atoms with van der Waals surface area (Å²) in [4.78, 5) is 0. The topological polar surface area (TPSA) is 29.9 Å². The summed E-state index contributed by atoms with van der Waals surface area (Å²) >= 11 is 0. The van der Waals surface area contributed by atoms with Crippen molar-refractivity contribution in [3.63, 3.8) is 0 Å².